The molecule has 1 rings (SSSR count). The minimum Gasteiger partial charge on any atom is -0.384 e. The molecule has 3 N–H and O–H groups in total. The zero-order valence-electron chi connectivity index (χ0n) is 7.09. The predicted octanol–water partition coefficient (Wildman–Crippen LogP) is 0.577. The lowest BCUT2D eigenvalue weighted by Gasteiger charge is -2.20. The fourth-order valence-electron chi connectivity index (χ4n) is 0.833. The van der Waals surface area contributed by atoms with Crippen LogP contribution in [0.5, 0.6) is 0 Å². The highest BCUT2D eigenvalue weighted by molar-refractivity contribution is 8.15. The molecule has 4 heteroatoms. The van der Waals surface area contributed by atoms with E-state index in [9.17, 15) is 5.11 Å². The highest BCUT2D eigenvalue weighted by Crippen LogP contribution is 2.32. The molecule has 11 heavy (non-hydrogen) atoms. The molecular formula is C7H14N2OS. The van der Waals surface area contributed by atoms with Crippen LogP contribution in [-0.4, -0.2) is 27.2 Å². The van der Waals surface area contributed by atoms with Crippen LogP contribution >= 0.6 is 11.8 Å². The molecule has 0 aliphatic carbocycles. The van der Waals surface area contributed by atoms with Crippen LogP contribution in [0.2, 0.25) is 0 Å². The van der Waals surface area contributed by atoms with Crippen LogP contribution in [0.3, 0.4) is 0 Å². The van der Waals surface area contributed by atoms with Crippen molar-refractivity contribution in [3.8, 4) is 0 Å². The third-order valence-corrected chi connectivity index (χ3v) is 2.81. The number of aliphatic imine (C=N–C) groups is 1. The summed E-state index contributed by atoms with van der Waals surface area (Å²) >= 11 is 1.45. The van der Waals surface area contributed by atoms with Gasteiger partial charge in [0.05, 0.1) is 11.4 Å². The summed E-state index contributed by atoms with van der Waals surface area (Å²) in [6.45, 7) is 5.96. The van der Waals surface area contributed by atoms with Crippen molar-refractivity contribution in [2.45, 2.75) is 31.2 Å². The number of nitrogens with zero attached hydrogens (tertiary/aromatic N) is 1. The maximum Gasteiger partial charge on any atom is 0.107 e. The van der Waals surface area contributed by atoms with Crippen LogP contribution in [0.4, 0.5) is 0 Å². The second-order valence-electron chi connectivity index (χ2n) is 3.60. The quantitative estimate of drug-likeness (QED) is 0.611. The maximum absolute atomic E-state index is 9.54. The van der Waals surface area contributed by atoms with Crippen LogP contribution in [0.15, 0.2) is 4.99 Å². The summed E-state index contributed by atoms with van der Waals surface area (Å²) in [6.07, 6.45) is 0. The first-order chi connectivity index (χ1) is 4.81. The summed E-state index contributed by atoms with van der Waals surface area (Å²) < 4.78 is 0. The molecule has 0 saturated heterocycles. The summed E-state index contributed by atoms with van der Waals surface area (Å²) in [5, 5.41) is 10.3. The summed E-state index contributed by atoms with van der Waals surface area (Å²) in [5.41, 5.74) is 4.97. The maximum atomic E-state index is 9.54. The van der Waals surface area contributed by atoms with Gasteiger partial charge in [0, 0.05) is 0 Å². The monoisotopic (exact) mass is 174 g/mol. The second-order valence-corrected chi connectivity index (χ2v) is 5.12. The van der Waals surface area contributed by atoms with Crippen molar-refractivity contribution in [1.82, 2.24) is 0 Å². The van der Waals surface area contributed by atoms with Gasteiger partial charge in [0.2, 0.25) is 0 Å². The molecule has 1 aliphatic heterocycles. The van der Waals surface area contributed by atoms with Gasteiger partial charge in [-0.1, -0.05) is 11.8 Å². The van der Waals surface area contributed by atoms with Crippen LogP contribution < -0.4 is 5.73 Å². The Kier molecular flexibility index (Phi) is 2.03. The fraction of sp³-hybridized carbons (Fsp3) is 0.857. The van der Waals surface area contributed by atoms with E-state index in [1.807, 2.05) is 6.92 Å². The van der Waals surface area contributed by atoms with Crippen molar-refractivity contribution >= 4 is 16.8 Å². The first kappa shape index (κ1) is 9.03. The highest BCUT2D eigenvalue weighted by atomic mass is 32.2. The molecule has 1 heterocycles. The molecule has 0 aromatic carbocycles. The fourth-order valence-corrected chi connectivity index (χ4v) is 1.78. The molecule has 0 saturated carbocycles. The largest absolute Gasteiger partial charge is 0.384 e. The summed E-state index contributed by atoms with van der Waals surface area (Å²) in [6, 6.07) is 0. The van der Waals surface area contributed by atoms with E-state index in [0.717, 1.165) is 5.04 Å². The molecule has 3 nitrogen and oxygen atoms in total. The van der Waals surface area contributed by atoms with Crippen LogP contribution in [0, 0.1) is 0 Å². The van der Waals surface area contributed by atoms with Crippen LogP contribution in [0.25, 0.3) is 0 Å². The third kappa shape index (κ3) is 2.18. The lowest BCUT2D eigenvalue weighted by atomic mass is 10.2. The molecule has 0 radical (unpaired) electrons. The normalized spacial score (nSPS) is 32.3. The van der Waals surface area contributed by atoms with Crippen molar-refractivity contribution in [2.24, 2.45) is 10.7 Å². The lowest BCUT2D eigenvalue weighted by molar-refractivity contribution is 0.157. The summed E-state index contributed by atoms with van der Waals surface area (Å²) in [7, 11) is 0. The van der Waals surface area contributed by atoms with Gasteiger partial charge in [0.15, 0.2) is 0 Å². The smallest absolute Gasteiger partial charge is 0.107 e. The zero-order chi connectivity index (χ0) is 8.70. The minimum absolute atomic E-state index is 0.324. The van der Waals surface area contributed by atoms with E-state index < -0.39 is 5.60 Å². The molecule has 1 atom stereocenters. The Bertz CT molecular complexity index is 193. The van der Waals surface area contributed by atoms with Crippen LogP contribution in [-0.2, 0) is 0 Å². The number of nitrogens with two attached hydrogens (primary N) is 1. The van der Waals surface area contributed by atoms with E-state index >= 15 is 0 Å². The number of aliphatic hydroxyl groups is 1. The molecule has 1 aliphatic rings. The Labute approximate surface area is 71.1 Å². The van der Waals surface area contributed by atoms with Crippen molar-refractivity contribution in [1.29, 1.82) is 0 Å². The number of rotatable bonds is 1. The van der Waals surface area contributed by atoms with Gasteiger partial charge in [-0.3, -0.25) is 4.99 Å². The average Bonchev–Trinajstić information content (AvgIpc) is 2.07. The SMILES string of the molecule is CC(C)(O)C1=NC[C@@](C)(N)S1. The van der Waals surface area contributed by atoms with Gasteiger partial charge in [-0.2, -0.15) is 0 Å². The number of thioether (sulfide) groups is 1. The molecule has 0 amide bonds. The van der Waals surface area contributed by atoms with E-state index in [0.29, 0.717) is 6.54 Å². The predicted molar refractivity (Wildman–Crippen MR) is 48.8 cm³/mol. The van der Waals surface area contributed by atoms with E-state index in [1.165, 1.54) is 11.8 Å². The Hall–Kier alpha value is -0.0600. The summed E-state index contributed by atoms with van der Waals surface area (Å²) in [5.74, 6) is 0. The second kappa shape index (κ2) is 2.47. The van der Waals surface area contributed by atoms with Gasteiger partial charge < -0.3 is 10.8 Å². The Morgan fingerprint density at radius 3 is 2.45 bits per heavy atom. The standard InChI is InChI=1S/C7H14N2OS/c1-6(2,10)5-9-4-7(3,8)11-5/h10H,4,8H2,1-3H3/t7-/m0/s1. The van der Waals surface area contributed by atoms with E-state index in [2.05, 4.69) is 4.99 Å². The molecule has 64 valence electrons. The van der Waals surface area contributed by atoms with Crippen molar-refractivity contribution in [2.75, 3.05) is 6.54 Å². The molecular weight excluding hydrogens is 160 g/mol. The Morgan fingerprint density at radius 1 is 1.73 bits per heavy atom. The number of hydrogen-bond donors (Lipinski definition) is 2. The van der Waals surface area contributed by atoms with E-state index in [1.54, 1.807) is 13.8 Å². The van der Waals surface area contributed by atoms with E-state index in [4.69, 9.17) is 5.73 Å². The van der Waals surface area contributed by atoms with Gasteiger partial charge >= 0.3 is 0 Å². The minimum atomic E-state index is -0.832. The van der Waals surface area contributed by atoms with Gasteiger partial charge in [-0.05, 0) is 20.8 Å². The van der Waals surface area contributed by atoms with Crippen molar-refractivity contribution < 1.29 is 5.11 Å². The van der Waals surface area contributed by atoms with Crippen molar-refractivity contribution in [3.05, 3.63) is 0 Å². The Morgan fingerprint density at radius 2 is 2.27 bits per heavy atom. The number of hydrogen-bond acceptors (Lipinski definition) is 4. The van der Waals surface area contributed by atoms with Gasteiger partial charge in [-0.15, -0.1) is 0 Å². The van der Waals surface area contributed by atoms with Crippen molar-refractivity contribution in [3.63, 3.8) is 0 Å². The topological polar surface area (TPSA) is 58.6 Å². The van der Waals surface area contributed by atoms with Gasteiger partial charge in [0.1, 0.15) is 10.6 Å². The lowest BCUT2D eigenvalue weighted by Crippen LogP contribution is -2.35. The molecule has 0 bridgehead atoms. The first-order valence-corrected chi connectivity index (χ1v) is 4.38. The third-order valence-electron chi connectivity index (χ3n) is 1.39. The van der Waals surface area contributed by atoms with Gasteiger partial charge in [0.25, 0.3) is 0 Å². The first-order valence-electron chi connectivity index (χ1n) is 3.56. The average molecular weight is 174 g/mol. The molecule has 0 aromatic heterocycles. The van der Waals surface area contributed by atoms with Gasteiger partial charge in [-0.25, -0.2) is 0 Å². The Balaban J connectivity index is 2.68. The van der Waals surface area contributed by atoms with Crippen LogP contribution in [0.1, 0.15) is 20.8 Å². The molecule has 0 aromatic rings. The highest BCUT2D eigenvalue weighted by Gasteiger charge is 2.34. The summed E-state index contributed by atoms with van der Waals surface area (Å²) in [4.78, 5) is 3.84. The molecule has 0 spiro atoms. The molecule has 0 unspecified atom stereocenters. The van der Waals surface area contributed by atoms with E-state index in [-0.39, 0.29) is 4.87 Å². The molecule has 0 fully saturated rings. The zero-order valence-corrected chi connectivity index (χ0v) is 7.90.